The minimum absolute atomic E-state index is 0.420. The first kappa shape index (κ1) is 37.3. The molecule has 1 heterocycles. The van der Waals surface area contributed by atoms with E-state index in [-0.39, 0.29) is 0 Å². The van der Waals surface area contributed by atoms with Gasteiger partial charge in [0.2, 0.25) is 0 Å². The van der Waals surface area contributed by atoms with Crippen molar-refractivity contribution in [1.82, 2.24) is 9.97 Å². The van der Waals surface area contributed by atoms with E-state index >= 15 is 0 Å². The third-order valence-electron chi connectivity index (χ3n) is 9.56. The molecule has 1 aromatic heterocycles. The highest BCUT2D eigenvalue weighted by molar-refractivity contribution is 6.58. The number of fused-ring (bicyclic) bond motifs is 1. The summed E-state index contributed by atoms with van der Waals surface area (Å²) in [5.41, 5.74) is 13.4. The van der Waals surface area contributed by atoms with Crippen LogP contribution in [0.1, 0.15) is 87.7 Å². The average Bonchev–Trinajstić information content (AvgIpc) is 3.13. The lowest BCUT2D eigenvalue weighted by atomic mass is 9.79. The van der Waals surface area contributed by atoms with Crippen molar-refractivity contribution in [2.45, 2.75) is 65.2 Å². The Morgan fingerprint density at radius 1 is 0.820 bits per heavy atom. The summed E-state index contributed by atoms with van der Waals surface area (Å²) in [5, 5.41) is 23.1. The van der Waals surface area contributed by atoms with E-state index in [4.69, 9.17) is 37.4 Å². The highest BCUT2D eigenvalue weighted by Crippen LogP contribution is 2.30. The monoisotopic (exact) mass is 688 g/mol. The summed E-state index contributed by atoms with van der Waals surface area (Å²) in [5.74, 6) is 3.72. The van der Waals surface area contributed by atoms with E-state index in [0.717, 1.165) is 40.9 Å². The average molecular weight is 689 g/mol. The Labute approximate surface area is 303 Å². The van der Waals surface area contributed by atoms with Gasteiger partial charge >= 0.3 is 7.12 Å². The molecule has 4 aromatic carbocycles. The fourth-order valence-electron chi connectivity index (χ4n) is 6.49. The Kier molecular flexibility index (Phi) is 13.2. The van der Waals surface area contributed by atoms with Crippen LogP contribution < -0.4 is 16.5 Å². The third-order valence-corrected chi connectivity index (χ3v) is 9.79. The fourth-order valence-corrected chi connectivity index (χ4v) is 6.65. The van der Waals surface area contributed by atoms with Gasteiger partial charge in [0, 0.05) is 17.0 Å². The van der Waals surface area contributed by atoms with Crippen molar-refractivity contribution in [2.75, 3.05) is 18.4 Å². The summed E-state index contributed by atoms with van der Waals surface area (Å²) in [7, 11) is -1.36. The van der Waals surface area contributed by atoms with Crippen molar-refractivity contribution in [2.24, 2.45) is 17.6 Å². The van der Waals surface area contributed by atoms with E-state index in [1.807, 2.05) is 42.5 Å². The molecule has 0 aliphatic heterocycles. The number of nitrogens with zero attached hydrogens (tertiary/aromatic N) is 2. The van der Waals surface area contributed by atoms with Crippen molar-refractivity contribution < 1.29 is 10.0 Å². The zero-order chi connectivity index (χ0) is 35.6. The third kappa shape index (κ3) is 10.3. The SMILES string of the molecule is CC(C)c1cccc(-c2ccc(C=Cc3nc(NCC4CCCC(CN)C4)c4ccc(Cl)cc4n3)cc2)c1.CC(C)c1cccc(B(O)O)c1. The number of rotatable bonds is 10. The van der Waals surface area contributed by atoms with Gasteiger partial charge in [-0.15, -0.1) is 0 Å². The number of anilines is 1. The molecule has 0 saturated heterocycles. The molecule has 0 radical (unpaired) electrons. The van der Waals surface area contributed by atoms with E-state index in [2.05, 4.69) is 87.6 Å². The van der Waals surface area contributed by atoms with E-state index < -0.39 is 7.12 Å². The molecular formula is C42H50BClN4O2. The number of hydrogen-bond donors (Lipinski definition) is 4. The van der Waals surface area contributed by atoms with Crippen LogP contribution >= 0.6 is 11.6 Å². The second-order valence-electron chi connectivity index (χ2n) is 14.0. The first-order valence-electron chi connectivity index (χ1n) is 17.8. The smallest absolute Gasteiger partial charge is 0.423 e. The lowest BCUT2D eigenvalue weighted by molar-refractivity contribution is 0.281. The van der Waals surface area contributed by atoms with Crippen LogP contribution in [-0.2, 0) is 0 Å². The Balaban J connectivity index is 0.000000343. The molecule has 1 aliphatic rings. The molecule has 5 aromatic rings. The topological polar surface area (TPSA) is 104 Å². The second-order valence-corrected chi connectivity index (χ2v) is 14.5. The minimum Gasteiger partial charge on any atom is -0.423 e. The van der Waals surface area contributed by atoms with Crippen LogP contribution in [0, 0.1) is 11.8 Å². The van der Waals surface area contributed by atoms with Crippen molar-refractivity contribution in [3.8, 4) is 11.1 Å². The van der Waals surface area contributed by atoms with Gasteiger partial charge in [-0.1, -0.05) is 125 Å². The van der Waals surface area contributed by atoms with Gasteiger partial charge in [0.1, 0.15) is 5.82 Å². The van der Waals surface area contributed by atoms with Crippen LogP contribution in [-0.4, -0.2) is 40.2 Å². The molecule has 1 fully saturated rings. The van der Waals surface area contributed by atoms with Crippen LogP contribution in [0.5, 0.6) is 0 Å². The maximum Gasteiger partial charge on any atom is 0.488 e. The van der Waals surface area contributed by atoms with Gasteiger partial charge in [0.25, 0.3) is 0 Å². The normalized spacial score (nSPS) is 16.1. The number of halogens is 1. The highest BCUT2D eigenvalue weighted by atomic mass is 35.5. The van der Waals surface area contributed by atoms with Crippen molar-refractivity contribution >= 4 is 53.1 Å². The summed E-state index contributed by atoms with van der Waals surface area (Å²) in [4.78, 5) is 9.67. The maximum atomic E-state index is 8.89. The second kappa shape index (κ2) is 17.8. The van der Waals surface area contributed by atoms with Crippen molar-refractivity contribution in [3.05, 3.63) is 119 Å². The van der Waals surface area contributed by atoms with Gasteiger partial charge in [-0.3, -0.25) is 0 Å². The Morgan fingerprint density at radius 3 is 2.22 bits per heavy atom. The number of hydrogen-bond acceptors (Lipinski definition) is 6. The number of benzene rings is 4. The van der Waals surface area contributed by atoms with Gasteiger partial charge in [0.15, 0.2) is 5.82 Å². The summed E-state index contributed by atoms with van der Waals surface area (Å²) in [6.45, 7) is 10.3. The number of nitrogens with one attached hydrogen (secondary N) is 1. The Bertz CT molecular complexity index is 1850. The summed E-state index contributed by atoms with van der Waals surface area (Å²) >= 11 is 6.31. The molecule has 260 valence electrons. The molecule has 2 atom stereocenters. The zero-order valence-corrected chi connectivity index (χ0v) is 30.4. The van der Waals surface area contributed by atoms with Gasteiger partial charge in [-0.2, -0.15) is 0 Å². The highest BCUT2D eigenvalue weighted by Gasteiger charge is 2.21. The molecule has 2 unspecified atom stereocenters. The molecule has 0 amide bonds. The molecule has 6 nitrogen and oxygen atoms in total. The van der Waals surface area contributed by atoms with E-state index in [1.54, 1.807) is 6.07 Å². The van der Waals surface area contributed by atoms with Gasteiger partial charge in [-0.05, 0) is 107 Å². The fraction of sp³-hybridized carbons (Fsp3) is 0.333. The van der Waals surface area contributed by atoms with Gasteiger partial charge < -0.3 is 21.1 Å². The largest absolute Gasteiger partial charge is 0.488 e. The molecular weight excluding hydrogens is 639 g/mol. The summed E-state index contributed by atoms with van der Waals surface area (Å²) in [6, 6.07) is 30.6. The lowest BCUT2D eigenvalue weighted by Gasteiger charge is -2.28. The molecule has 1 aliphatic carbocycles. The minimum atomic E-state index is -1.36. The van der Waals surface area contributed by atoms with Crippen LogP contribution in [0.4, 0.5) is 5.82 Å². The Morgan fingerprint density at radius 2 is 1.52 bits per heavy atom. The standard InChI is InChI=1S/C33H37ClN4.C9H13BO2/c1-22(2)27-7-4-8-28(18-27)26-12-9-23(10-13-26)11-16-32-37-31-19-29(34)14-15-30(31)33(38-32)36-21-25-6-3-5-24(17-25)20-35;1-7(2)8-4-3-5-9(6-8)10(11)12/h4,7-16,18-19,22,24-25H,3,5-6,17,20-21,35H2,1-2H3,(H,36,37,38);3-7,11-12H,1-2H3. The maximum absolute atomic E-state index is 8.89. The van der Waals surface area contributed by atoms with Gasteiger partial charge in [-0.25, -0.2) is 9.97 Å². The van der Waals surface area contributed by atoms with Crippen LogP contribution in [0.25, 0.3) is 34.2 Å². The molecule has 50 heavy (non-hydrogen) atoms. The van der Waals surface area contributed by atoms with Crippen LogP contribution in [0.3, 0.4) is 0 Å². The first-order chi connectivity index (χ1) is 24.1. The summed E-state index contributed by atoms with van der Waals surface area (Å²) < 4.78 is 0. The number of nitrogens with two attached hydrogens (primary N) is 1. The predicted octanol–water partition coefficient (Wildman–Crippen LogP) is 8.91. The molecule has 0 bridgehead atoms. The molecule has 6 rings (SSSR count). The molecule has 1 saturated carbocycles. The van der Waals surface area contributed by atoms with E-state index in [1.165, 1.54) is 42.4 Å². The summed E-state index contributed by atoms with van der Waals surface area (Å²) in [6.07, 6.45) is 8.97. The zero-order valence-electron chi connectivity index (χ0n) is 29.7. The predicted molar refractivity (Wildman–Crippen MR) is 213 cm³/mol. The van der Waals surface area contributed by atoms with Crippen LogP contribution in [0.2, 0.25) is 5.02 Å². The van der Waals surface area contributed by atoms with E-state index in [9.17, 15) is 0 Å². The van der Waals surface area contributed by atoms with Crippen molar-refractivity contribution in [1.29, 1.82) is 0 Å². The quantitative estimate of drug-likeness (QED) is 0.109. The lowest BCUT2D eigenvalue weighted by Crippen LogP contribution is -2.29. The molecule has 0 spiro atoms. The van der Waals surface area contributed by atoms with Crippen molar-refractivity contribution in [3.63, 3.8) is 0 Å². The first-order valence-corrected chi connectivity index (χ1v) is 18.2. The molecule has 8 heteroatoms. The molecule has 5 N–H and O–H groups in total. The van der Waals surface area contributed by atoms with E-state index in [0.29, 0.717) is 40.0 Å². The Hall–Kier alpha value is -4.01. The number of aromatic nitrogens is 2. The van der Waals surface area contributed by atoms with Crippen LogP contribution in [0.15, 0.2) is 91.0 Å². The van der Waals surface area contributed by atoms with Gasteiger partial charge in [0.05, 0.1) is 5.52 Å².